The van der Waals surface area contributed by atoms with E-state index in [0.717, 1.165) is 24.4 Å². The van der Waals surface area contributed by atoms with Crippen LogP contribution in [-0.2, 0) is 0 Å². The largest absolute Gasteiger partial charge is 0.314 e. The van der Waals surface area contributed by atoms with E-state index in [0.29, 0.717) is 5.54 Å². The normalized spacial score (nSPS) is 37.0. The smallest absolute Gasteiger partial charge is 0.0153 e. The molecule has 1 saturated heterocycles. The molecule has 2 aliphatic rings. The van der Waals surface area contributed by atoms with Gasteiger partial charge in [0.25, 0.3) is 0 Å². The van der Waals surface area contributed by atoms with E-state index in [-0.39, 0.29) is 0 Å². The summed E-state index contributed by atoms with van der Waals surface area (Å²) in [6.45, 7) is 13.3. The second kappa shape index (κ2) is 5.92. The first-order valence-corrected chi connectivity index (χ1v) is 8.01. The fourth-order valence-electron chi connectivity index (χ4n) is 4.02. The van der Waals surface area contributed by atoms with Crippen molar-refractivity contribution in [1.29, 1.82) is 0 Å². The van der Waals surface area contributed by atoms with Gasteiger partial charge in [-0.25, -0.2) is 0 Å². The van der Waals surface area contributed by atoms with Crippen molar-refractivity contribution in [1.82, 2.24) is 10.2 Å². The van der Waals surface area contributed by atoms with E-state index in [1.54, 1.807) is 0 Å². The minimum Gasteiger partial charge on any atom is -0.314 e. The van der Waals surface area contributed by atoms with Gasteiger partial charge in [0.1, 0.15) is 0 Å². The molecule has 106 valence electrons. The highest BCUT2D eigenvalue weighted by molar-refractivity contribution is 4.92. The number of rotatable bonds is 4. The number of nitrogens with zero attached hydrogens (tertiary/aromatic N) is 1. The van der Waals surface area contributed by atoms with Crippen LogP contribution in [-0.4, -0.2) is 36.1 Å². The molecule has 3 atom stereocenters. The van der Waals surface area contributed by atoms with Gasteiger partial charge in [0.05, 0.1) is 0 Å². The van der Waals surface area contributed by atoms with E-state index in [4.69, 9.17) is 0 Å². The van der Waals surface area contributed by atoms with Gasteiger partial charge in [-0.1, -0.05) is 13.8 Å². The van der Waals surface area contributed by atoms with Gasteiger partial charge < -0.3 is 5.32 Å². The predicted octanol–water partition coefficient (Wildman–Crippen LogP) is 3.28. The quantitative estimate of drug-likeness (QED) is 0.826. The van der Waals surface area contributed by atoms with Crippen LogP contribution < -0.4 is 5.32 Å². The third kappa shape index (κ3) is 3.27. The molecule has 0 aromatic heterocycles. The van der Waals surface area contributed by atoms with Gasteiger partial charge in [-0.3, -0.25) is 4.90 Å². The Kier molecular flexibility index (Phi) is 4.71. The molecule has 0 aromatic carbocycles. The van der Waals surface area contributed by atoms with Gasteiger partial charge in [0.15, 0.2) is 0 Å². The van der Waals surface area contributed by atoms with Gasteiger partial charge in [-0.15, -0.1) is 0 Å². The van der Waals surface area contributed by atoms with Crippen LogP contribution in [0.1, 0.15) is 59.8 Å². The third-order valence-corrected chi connectivity index (χ3v) is 5.24. The number of hydrogen-bond donors (Lipinski definition) is 1. The second-order valence-electron chi connectivity index (χ2n) is 7.20. The van der Waals surface area contributed by atoms with Crippen molar-refractivity contribution < 1.29 is 0 Å². The molecule has 1 saturated carbocycles. The summed E-state index contributed by atoms with van der Waals surface area (Å²) < 4.78 is 0. The third-order valence-electron chi connectivity index (χ3n) is 5.24. The van der Waals surface area contributed by atoms with Gasteiger partial charge in [-0.2, -0.15) is 0 Å². The second-order valence-corrected chi connectivity index (χ2v) is 7.20. The molecule has 2 fully saturated rings. The minimum absolute atomic E-state index is 0.442. The van der Waals surface area contributed by atoms with Crippen LogP contribution >= 0.6 is 0 Å². The highest BCUT2D eigenvalue weighted by atomic mass is 15.2. The van der Waals surface area contributed by atoms with Crippen molar-refractivity contribution in [2.24, 2.45) is 11.8 Å². The minimum atomic E-state index is 0.442. The summed E-state index contributed by atoms with van der Waals surface area (Å²) in [5.41, 5.74) is 0.442. The lowest BCUT2D eigenvalue weighted by Gasteiger charge is -2.41. The Labute approximate surface area is 114 Å². The average Bonchev–Trinajstić information content (AvgIpc) is 2.62. The molecule has 1 heterocycles. The van der Waals surface area contributed by atoms with E-state index >= 15 is 0 Å². The molecule has 1 N–H and O–H groups in total. The first-order valence-electron chi connectivity index (χ1n) is 8.01. The lowest BCUT2D eigenvalue weighted by atomic mass is 9.78. The van der Waals surface area contributed by atoms with E-state index in [2.05, 4.69) is 37.9 Å². The highest BCUT2D eigenvalue weighted by Crippen LogP contribution is 2.34. The summed E-state index contributed by atoms with van der Waals surface area (Å²) in [7, 11) is 0. The number of nitrogens with one attached hydrogen (secondary N) is 1. The molecule has 1 aliphatic carbocycles. The average molecular weight is 252 g/mol. The number of hydrogen-bond acceptors (Lipinski definition) is 2. The zero-order valence-corrected chi connectivity index (χ0v) is 12.8. The van der Waals surface area contributed by atoms with Gasteiger partial charge in [-0.05, 0) is 70.9 Å². The Balaban J connectivity index is 1.95. The molecule has 0 radical (unpaired) electrons. The van der Waals surface area contributed by atoms with Crippen LogP contribution in [0.2, 0.25) is 0 Å². The topological polar surface area (TPSA) is 15.3 Å². The van der Waals surface area contributed by atoms with Crippen LogP contribution in [0.5, 0.6) is 0 Å². The molecule has 0 bridgehead atoms. The summed E-state index contributed by atoms with van der Waals surface area (Å²) in [5, 5.41) is 3.73. The van der Waals surface area contributed by atoms with Crippen molar-refractivity contribution in [2.75, 3.05) is 19.6 Å². The summed E-state index contributed by atoms with van der Waals surface area (Å²) in [6.07, 6.45) is 6.98. The van der Waals surface area contributed by atoms with Crippen LogP contribution in [0.4, 0.5) is 0 Å². The molecule has 18 heavy (non-hydrogen) atoms. The van der Waals surface area contributed by atoms with Crippen LogP contribution in [0, 0.1) is 11.8 Å². The maximum atomic E-state index is 3.73. The summed E-state index contributed by atoms with van der Waals surface area (Å²) in [5.74, 6) is 1.79. The Morgan fingerprint density at radius 3 is 2.67 bits per heavy atom. The molecular weight excluding hydrogens is 220 g/mol. The molecule has 0 aromatic rings. The van der Waals surface area contributed by atoms with Crippen LogP contribution in [0.15, 0.2) is 0 Å². The summed E-state index contributed by atoms with van der Waals surface area (Å²) >= 11 is 0. The predicted molar refractivity (Wildman–Crippen MR) is 78.9 cm³/mol. The lowest BCUT2D eigenvalue weighted by molar-refractivity contribution is 0.103. The molecule has 1 aliphatic heterocycles. The molecule has 2 rings (SSSR count). The monoisotopic (exact) mass is 252 g/mol. The fourth-order valence-corrected chi connectivity index (χ4v) is 4.02. The van der Waals surface area contributed by atoms with Crippen molar-refractivity contribution in [3.63, 3.8) is 0 Å². The molecule has 0 amide bonds. The molecule has 0 spiro atoms. The Morgan fingerprint density at radius 2 is 2.06 bits per heavy atom. The van der Waals surface area contributed by atoms with Crippen molar-refractivity contribution in [3.8, 4) is 0 Å². The van der Waals surface area contributed by atoms with Crippen molar-refractivity contribution in [2.45, 2.75) is 71.4 Å². The fraction of sp³-hybridized carbons (Fsp3) is 1.00. The standard InChI is InChI=1S/C16H32N2/c1-5-17-15-8-7-13(2)11-14(15)12-18-10-6-9-16(18,3)4/h13-15,17H,5-12H2,1-4H3. The summed E-state index contributed by atoms with van der Waals surface area (Å²) in [4.78, 5) is 2.75. The first-order chi connectivity index (χ1) is 8.53. The zero-order chi connectivity index (χ0) is 13.2. The Morgan fingerprint density at radius 1 is 1.28 bits per heavy atom. The van der Waals surface area contributed by atoms with Crippen LogP contribution in [0.25, 0.3) is 0 Å². The van der Waals surface area contributed by atoms with Gasteiger partial charge in [0.2, 0.25) is 0 Å². The SMILES string of the molecule is CCNC1CCC(C)CC1CN1CCCC1(C)C. The van der Waals surface area contributed by atoms with E-state index < -0.39 is 0 Å². The van der Waals surface area contributed by atoms with Gasteiger partial charge in [0, 0.05) is 18.1 Å². The molecular formula is C16H32N2. The molecule has 2 heteroatoms. The molecule has 2 nitrogen and oxygen atoms in total. The van der Waals surface area contributed by atoms with Gasteiger partial charge >= 0.3 is 0 Å². The van der Waals surface area contributed by atoms with Crippen LogP contribution in [0.3, 0.4) is 0 Å². The zero-order valence-electron chi connectivity index (χ0n) is 12.8. The number of likely N-dealkylation sites (tertiary alicyclic amines) is 1. The van der Waals surface area contributed by atoms with Crippen molar-refractivity contribution in [3.05, 3.63) is 0 Å². The Hall–Kier alpha value is -0.0800. The van der Waals surface area contributed by atoms with E-state index in [9.17, 15) is 0 Å². The first kappa shape index (κ1) is 14.3. The lowest BCUT2D eigenvalue weighted by Crippen LogP contribution is -2.49. The van der Waals surface area contributed by atoms with Crippen molar-refractivity contribution >= 4 is 0 Å². The summed E-state index contributed by atoms with van der Waals surface area (Å²) in [6, 6.07) is 0.766. The van der Waals surface area contributed by atoms with E-state index in [1.165, 1.54) is 45.2 Å². The Bertz CT molecular complexity index is 262. The van der Waals surface area contributed by atoms with E-state index in [1.807, 2.05) is 0 Å². The maximum Gasteiger partial charge on any atom is 0.0153 e. The maximum absolute atomic E-state index is 3.73. The highest BCUT2D eigenvalue weighted by Gasteiger charge is 2.36. The molecule has 3 unspecified atom stereocenters.